The van der Waals surface area contributed by atoms with Crippen LogP contribution in [-0.2, 0) is 4.79 Å². The molecule has 0 aliphatic heterocycles. The minimum absolute atomic E-state index is 0.0212. The van der Waals surface area contributed by atoms with Crippen molar-refractivity contribution in [2.45, 2.75) is 24.0 Å². The van der Waals surface area contributed by atoms with Crippen LogP contribution in [0.1, 0.15) is 13.8 Å². The lowest BCUT2D eigenvalue weighted by molar-refractivity contribution is -0.120. The van der Waals surface area contributed by atoms with Crippen molar-refractivity contribution in [3.8, 4) is 0 Å². The zero-order valence-electron chi connectivity index (χ0n) is 10.00. The van der Waals surface area contributed by atoms with Crippen LogP contribution in [-0.4, -0.2) is 17.7 Å². The maximum absolute atomic E-state index is 11.7. The predicted octanol–water partition coefficient (Wildman–Crippen LogP) is 3.51. The van der Waals surface area contributed by atoms with Crippen molar-refractivity contribution in [3.05, 3.63) is 41.4 Å². The number of nitrogens with one attached hydrogen (secondary N) is 1. The molecule has 0 aromatic heterocycles. The van der Waals surface area contributed by atoms with Gasteiger partial charge in [-0.1, -0.05) is 23.8 Å². The third-order valence-corrected chi connectivity index (χ3v) is 3.42. The molecule has 0 aliphatic rings. The van der Waals surface area contributed by atoms with Gasteiger partial charge in [0.15, 0.2) is 0 Å². The first-order valence-electron chi connectivity index (χ1n) is 5.33. The van der Waals surface area contributed by atoms with E-state index in [2.05, 4.69) is 11.9 Å². The van der Waals surface area contributed by atoms with E-state index >= 15 is 0 Å². The van der Waals surface area contributed by atoms with Crippen molar-refractivity contribution in [1.82, 2.24) is 5.32 Å². The SMILES string of the molecule is C=C(C)CNC(=O)C(C)Sc1ccc(Cl)cc1. The van der Waals surface area contributed by atoms with E-state index in [0.29, 0.717) is 11.6 Å². The molecule has 0 radical (unpaired) electrons. The van der Waals surface area contributed by atoms with E-state index in [4.69, 9.17) is 11.6 Å². The minimum atomic E-state index is -0.129. The second-order valence-corrected chi connectivity index (χ2v) is 5.74. The monoisotopic (exact) mass is 269 g/mol. The minimum Gasteiger partial charge on any atom is -0.351 e. The van der Waals surface area contributed by atoms with Crippen molar-refractivity contribution >= 4 is 29.3 Å². The van der Waals surface area contributed by atoms with Crippen LogP contribution in [0.4, 0.5) is 0 Å². The Labute approximate surface area is 111 Å². The summed E-state index contributed by atoms with van der Waals surface area (Å²) in [6.07, 6.45) is 0. The Morgan fingerprint density at radius 3 is 2.59 bits per heavy atom. The van der Waals surface area contributed by atoms with Gasteiger partial charge in [0.1, 0.15) is 0 Å². The second-order valence-electron chi connectivity index (χ2n) is 3.89. The summed E-state index contributed by atoms with van der Waals surface area (Å²) in [7, 11) is 0. The number of benzene rings is 1. The zero-order chi connectivity index (χ0) is 12.8. The van der Waals surface area contributed by atoms with Gasteiger partial charge in [0.25, 0.3) is 0 Å². The third kappa shape index (κ3) is 5.29. The van der Waals surface area contributed by atoms with Crippen molar-refractivity contribution in [2.24, 2.45) is 0 Å². The molecule has 1 atom stereocenters. The Kier molecular flexibility index (Phi) is 5.59. The number of rotatable bonds is 5. The molecule has 0 saturated carbocycles. The summed E-state index contributed by atoms with van der Waals surface area (Å²) < 4.78 is 0. The Morgan fingerprint density at radius 2 is 2.06 bits per heavy atom. The highest BCUT2D eigenvalue weighted by Crippen LogP contribution is 2.24. The van der Waals surface area contributed by atoms with Crippen molar-refractivity contribution in [2.75, 3.05) is 6.54 Å². The highest BCUT2D eigenvalue weighted by Gasteiger charge is 2.13. The van der Waals surface area contributed by atoms with Crippen LogP contribution in [0.25, 0.3) is 0 Å². The number of amides is 1. The Bertz CT molecular complexity index is 402. The molecule has 1 amide bonds. The van der Waals surface area contributed by atoms with Crippen LogP contribution >= 0.6 is 23.4 Å². The number of hydrogen-bond donors (Lipinski definition) is 1. The summed E-state index contributed by atoms with van der Waals surface area (Å²) in [5.41, 5.74) is 0.946. The number of hydrogen-bond acceptors (Lipinski definition) is 2. The first-order chi connectivity index (χ1) is 7.99. The largest absolute Gasteiger partial charge is 0.351 e. The van der Waals surface area contributed by atoms with Gasteiger partial charge < -0.3 is 5.32 Å². The van der Waals surface area contributed by atoms with Gasteiger partial charge in [0, 0.05) is 16.5 Å². The lowest BCUT2D eigenvalue weighted by Crippen LogP contribution is -2.31. The molecule has 1 N–H and O–H groups in total. The number of thioether (sulfide) groups is 1. The van der Waals surface area contributed by atoms with Crippen LogP contribution in [0.15, 0.2) is 41.3 Å². The van der Waals surface area contributed by atoms with Gasteiger partial charge in [-0.2, -0.15) is 0 Å². The lowest BCUT2D eigenvalue weighted by atomic mass is 10.3. The van der Waals surface area contributed by atoms with Gasteiger partial charge in [0.05, 0.1) is 5.25 Å². The molecule has 1 aromatic rings. The van der Waals surface area contributed by atoms with Crippen LogP contribution in [0, 0.1) is 0 Å². The average molecular weight is 270 g/mol. The summed E-state index contributed by atoms with van der Waals surface area (Å²) in [6, 6.07) is 7.47. The molecule has 1 rings (SSSR count). The van der Waals surface area contributed by atoms with Crippen LogP contribution in [0.5, 0.6) is 0 Å². The average Bonchev–Trinajstić information content (AvgIpc) is 2.28. The molecule has 4 heteroatoms. The van der Waals surface area contributed by atoms with E-state index < -0.39 is 0 Å². The lowest BCUT2D eigenvalue weighted by Gasteiger charge is -2.11. The van der Waals surface area contributed by atoms with Crippen LogP contribution in [0.2, 0.25) is 5.02 Å². The molecule has 1 unspecified atom stereocenters. The zero-order valence-corrected chi connectivity index (χ0v) is 11.6. The predicted molar refractivity (Wildman–Crippen MR) is 74.6 cm³/mol. The highest BCUT2D eigenvalue weighted by molar-refractivity contribution is 8.00. The van der Waals surface area contributed by atoms with E-state index in [0.717, 1.165) is 10.5 Å². The van der Waals surface area contributed by atoms with E-state index in [1.165, 1.54) is 11.8 Å². The summed E-state index contributed by atoms with van der Waals surface area (Å²) >= 11 is 7.31. The molecule has 2 nitrogen and oxygen atoms in total. The fraction of sp³-hybridized carbons (Fsp3) is 0.308. The van der Waals surface area contributed by atoms with Gasteiger partial charge in [-0.25, -0.2) is 0 Å². The molecule has 0 saturated heterocycles. The van der Waals surface area contributed by atoms with E-state index in [1.54, 1.807) is 0 Å². The molecule has 0 bridgehead atoms. The number of carbonyl (C=O) groups is 1. The first-order valence-corrected chi connectivity index (χ1v) is 6.59. The van der Waals surface area contributed by atoms with Crippen molar-refractivity contribution in [3.63, 3.8) is 0 Å². The fourth-order valence-electron chi connectivity index (χ4n) is 1.15. The molecule has 17 heavy (non-hydrogen) atoms. The molecule has 1 aromatic carbocycles. The van der Waals surface area contributed by atoms with E-state index in [9.17, 15) is 4.79 Å². The van der Waals surface area contributed by atoms with Crippen molar-refractivity contribution < 1.29 is 4.79 Å². The Hall–Kier alpha value is -0.930. The van der Waals surface area contributed by atoms with Gasteiger partial charge in [-0.05, 0) is 38.1 Å². The Balaban J connectivity index is 2.48. The third-order valence-electron chi connectivity index (χ3n) is 2.06. The number of halogens is 1. The van der Waals surface area contributed by atoms with E-state index in [1.807, 2.05) is 38.1 Å². The van der Waals surface area contributed by atoms with E-state index in [-0.39, 0.29) is 11.2 Å². The topological polar surface area (TPSA) is 29.1 Å². The first kappa shape index (κ1) is 14.1. The quantitative estimate of drug-likeness (QED) is 0.655. The second kappa shape index (κ2) is 6.72. The fourth-order valence-corrected chi connectivity index (χ4v) is 2.17. The van der Waals surface area contributed by atoms with Gasteiger partial charge in [-0.3, -0.25) is 4.79 Å². The van der Waals surface area contributed by atoms with Crippen LogP contribution in [0.3, 0.4) is 0 Å². The smallest absolute Gasteiger partial charge is 0.233 e. The standard InChI is InChI=1S/C13H16ClNOS/c1-9(2)8-15-13(16)10(3)17-12-6-4-11(14)5-7-12/h4-7,10H,1,8H2,2-3H3,(H,15,16). The molecule has 0 aliphatic carbocycles. The molecular weight excluding hydrogens is 254 g/mol. The van der Waals surface area contributed by atoms with Gasteiger partial charge >= 0.3 is 0 Å². The highest BCUT2D eigenvalue weighted by atomic mass is 35.5. The van der Waals surface area contributed by atoms with Crippen LogP contribution < -0.4 is 5.32 Å². The Morgan fingerprint density at radius 1 is 1.47 bits per heavy atom. The van der Waals surface area contributed by atoms with Gasteiger partial charge in [0.2, 0.25) is 5.91 Å². The molecule has 0 spiro atoms. The summed E-state index contributed by atoms with van der Waals surface area (Å²) in [4.78, 5) is 12.8. The molecule has 0 heterocycles. The number of carbonyl (C=O) groups excluding carboxylic acids is 1. The molecular formula is C13H16ClNOS. The normalized spacial score (nSPS) is 11.9. The summed E-state index contributed by atoms with van der Waals surface area (Å²) in [5, 5.41) is 3.40. The molecule has 0 fully saturated rings. The van der Waals surface area contributed by atoms with Crippen molar-refractivity contribution in [1.29, 1.82) is 0 Å². The summed E-state index contributed by atoms with van der Waals surface area (Å²) in [5.74, 6) is 0.0212. The molecule has 92 valence electrons. The van der Waals surface area contributed by atoms with Gasteiger partial charge in [-0.15, -0.1) is 11.8 Å². The maximum atomic E-state index is 11.7. The summed E-state index contributed by atoms with van der Waals surface area (Å²) in [6.45, 7) is 8.04. The maximum Gasteiger partial charge on any atom is 0.233 e.